The summed E-state index contributed by atoms with van der Waals surface area (Å²) in [5, 5.41) is 13.8. The topological polar surface area (TPSA) is 80.3 Å². The molecule has 0 saturated carbocycles. The van der Waals surface area contributed by atoms with Crippen LogP contribution in [0.1, 0.15) is 43.1 Å². The average molecular weight is 483 g/mol. The van der Waals surface area contributed by atoms with Crippen molar-refractivity contribution in [2.45, 2.75) is 57.6 Å². The number of carbonyl (C=O) groups excluding carboxylic acids is 1. The van der Waals surface area contributed by atoms with Crippen LogP contribution in [0.15, 0.2) is 42.6 Å². The third-order valence-corrected chi connectivity index (χ3v) is 11.7. The molecule has 2 heterocycles. The summed E-state index contributed by atoms with van der Waals surface area (Å²) in [5.74, 6) is 0.863. The minimum atomic E-state index is -2.19. The van der Waals surface area contributed by atoms with Crippen LogP contribution in [0.3, 0.4) is 0 Å². The number of nitrogens with zero attached hydrogens (tertiary/aromatic N) is 1. The van der Waals surface area contributed by atoms with Gasteiger partial charge in [0.15, 0.2) is 19.8 Å². The Labute approximate surface area is 202 Å². The Kier molecular flexibility index (Phi) is 6.16. The lowest BCUT2D eigenvalue weighted by Gasteiger charge is -2.41. The van der Waals surface area contributed by atoms with E-state index < -0.39 is 14.5 Å². The molecule has 0 fully saturated rings. The van der Waals surface area contributed by atoms with Gasteiger partial charge in [-0.2, -0.15) is 0 Å². The van der Waals surface area contributed by atoms with Gasteiger partial charge in [-0.1, -0.05) is 32.9 Å². The van der Waals surface area contributed by atoms with Crippen LogP contribution >= 0.6 is 0 Å². The number of nitrogens with one attached hydrogen (secondary N) is 1. The summed E-state index contributed by atoms with van der Waals surface area (Å²) in [7, 11) is 0.925. The van der Waals surface area contributed by atoms with Crippen LogP contribution < -0.4 is 14.8 Å². The number of benzene rings is 2. The molecule has 2 aromatic rings. The van der Waals surface area contributed by atoms with Gasteiger partial charge in [0.1, 0.15) is 12.0 Å². The standard InChI is InChI=1S/C26H34N2O5Si/c1-26(2,3)34(6,7)33-24-21-12-17(16-8-10-18(31-4)11-9-16)15-28(21)25(30)19-13-23(32-5)22(29)14-20(19)27-24/h8-11,13-15,21,24,27,29H,12H2,1-7H3/t21-,24?/m0/s1. The number of aromatic hydroxyl groups is 1. The fraction of sp³-hybridized carbons (Fsp3) is 0.423. The van der Waals surface area contributed by atoms with E-state index in [1.54, 1.807) is 24.1 Å². The van der Waals surface area contributed by atoms with Crippen molar-refractivity contribution in [2.24, 2.45) is 0 Å². The first kappa shape index (κ1) is 24.2. The minimum Gasteiger partial charge on any atom is -0.504 e. The summed E-state index contributed by atoms with van der Waals surface area (Å²) in [6.45, 7) is 11.0. The van der Waals surface area contributed by atoms with E-state index in [0.29, 0.717) is 17.7 Å². The molecule has 2 aromatic carbocycles. The number of ether oxygens (including phenoxy) is 2. The number of hydrogen-bond acceptors (Lipinski definition) is 6. The molecule has 0 radical (unpaired) electrons. The van der Waals surface area contributed by atoms with Crippen LogP contribution in [0.2, 0.25) is 18.1 Å². The predicted molar refractivity (Wildman–Crippen MR) is 136 cm³/mol. The van der Waals surface area contributed by atoms with Gasteiger partial charge in [0.2, 0.25) is 0 Å². The highest BCUT2D eigenvalue weighted by molar-refractivity contribution is 6.74. The number of fused-ring (bicyclic) bond motifs is 2. The number of methoxy groups -OCH3 is 2. The van der Waals surface area contributed by atoms with Gasteiger partial charge >= 0.3 is 0 Å². The maximum absolute atomic E-state index is 13.7. The van der Waals surface area contributed by atoms with Crippen LogP contribution in [0.4, 0.5) is 5.69 Å². The second kappa shape index (κ2) is 8.67. The quantitative estimate of drug-likeness (QED) is 0.553. The molecule has 1 amide bonds. The van der Waals surface area contributed by atoms with Crippen molar-refractivity contribution in [2.75, 3.05) is 19.5 Å². The van der Waals surface area contributed by atoms with E-state index in [-0.39, 0.29) is 28.5 Å². The highest BCUT2D eigenvalue weighted by Gasteiger charge is 2.46. The van der Waals surface area contributed by atoms with E-state index in [4.69, 9.17) is 13.9 Å². The van der Waals surface area contributed by atoms with Crippen molar-refractivity contribution in [1.82, 2.24) is 4.90 Å². The van der Waals surface area contributed by atoms with Crippen LogP contribution in [-0.4, -0.2) is 50.7 Å². The molecule has 0 aromatic heterocycles. The van der Waals surface area contributed by atoms with Gasteiger partial charge in [0.05, 0.1) is 31.5 Å². The molecule has 0 spiro atoms. The molecule has 34 heavy (non-hydrogen) atoms. The third kappa shape index (κ3) is 4.28. The lowest BCUT2D eigenvalue weighted by atomic mass is 10.0. The van der Waals surface area contributed by atoms with Crippen molar-refractivity contribution in [3.8, 4) is 17.2 Å². The number of phenols is 1. The minimum absolute atomic E-state index is 0.00839. The zero-order valence-electron chi connectivity index (χ0n) is 20.9. The monoisotopic (exact) mass is 482 g/mol. The van der Waals surface area contributed by atoms with E-state index in [2.05, 4.69) is 39.2 Å². The number of anilines is 1. The Morgan fingerprint density at radius 3 is 2.35 bits per heavy atom. The Morgan fingerprint density at radius 2 is 1.76 bits per heavy atom. The maximum Gasteiger partial charge on any atom is 0.260 e. The van der Waals surface area contributed by atoms with E-state index >= 15 is 0 Å². The number of amides is 1. The first-order valence-corrected chi connectivity index (χ1v) is 14.4. The van der Waals surface area contributed by atoms with Crippen LogP contribution in [0.25, 0.3) is 5.57 Å². The van der Waals surface area contributed by atoms with E-state index in [9.17, 15) is 9.90 Å². The molecule has 7 nitrogen and oxygen atoms in total. The zero-order chi connectivity index (χ0) is 24.8. The van der Waals surface area contributed by atoms with Crippen molar-refractivity contribution in [1.29, 1.82) is 0 Å². The average Bonchev–Trinajstić information content (AvgIpc) is 3.19. The third-order valence-electron chi connectivity index (χ3n) is 7.20. The van der Waals surface area contributed by atoms with Gasteiger partial charge in [0, 0.05) is 12.3 Å². The summed E-state index contributed by atoms with van der Waals surface area (Å²) >= 11 is 0. The Bertz CT molecular complexity index is 1120. The molecule has 8 heteroatoms. The highest BCUT2D eigenvalue weighted by atomic mass is 28.4. The normalized spacial score (nSPS) is 20.1. The Balaban J connectivity index is 1.78. The second-order valence-electron chi connectivity index (χ2n) is 10.4. The number of hydrogen-bond donors (Lipinski definition) is 2. The number of phenolic OH excluding ortho intramolecular Hbond substituents is 1. The number of carbonyl (C=O) groups is 1. The van der Waals surface area contributed by atoms with Gasteiger partial charge in [-0.05, 0) is 53.9 Å². The van der Waals surface area contributed by atoms with Crippen molar-refractivity contribution in [3.05, 3.63) is 53.7 Å². The summed E-state index contributed by atoms with van der Waals surface area (Å²) in [5.41, 5.74) is 3.08. The fourth-order valence-electron chi connectivity index (χ4n) is 4.12. The summed E-state index contributed by atoms with van der Waals surface area (Å²) in [4.78, 5) is 15.5. The molecule has 1 unspecified atom stereocenters. The molecular weight excluding hydrogens is 448 g/mol. The van der Waals surface area contributed by atoms with Crippen LogP contribution in [0.5, 0.6) is 17.2 Å². The maximum atomic E-state index is 13.7. The summed E-state index contributed by atoms with van der Waals surface area (Å²) in [6.07, 6.45) is 2.12. The predicted octanol–water partition coefficient (Wildman–Crippen LogP) is 5.44. The molecule has 182 valence electrons. The summed E-state index contributed by atoms with van der Waals surface area (Å²) in [6, 6.07) is 10.8. The van der Waals surface area contributed by atoms with Crippen molar-refractivity contribution < 1.29 is 23.8 Å². The van der Waals surface area contributed by atoms with Gasteiger partial charge in [0.25, 0.3) is 5.91 Å². The molecule has 0 aliphatic carbocycles. The van der Waals surface area contributed by atoms with Crippen LogP contribution in [0, 0.1) is 0 Å². The lowest BCUT2D eigenvalue weighted by molar-refractivity contribution is 0.0663. The summed E-state index contributed by atoms with van der Waals surface area (Å²) < 4.78 is 17.4. The van der Waals surface area contributed by atoms with Gasteiger partial charge in [-0.3, -0.25) is 4.79 Å². The van der Waals surface area contributed by atoms with Crippen molar-refractivity contribution >= 4 is 25.5 Å². The van der Waals surface area contributed by atoms with E-state index in [1.807, 2.05) is 30.5 Å². The first-order valence-electron chi connectivity index (χ1n) is 11.5. The molecular formula is C26H34N2O5Si. The molecule has 0 saturated heterocycles. The molecule has 2 N–H and O–H groups in total. The van der Waals surface area contributed by atoms with Gasteiger partial charge in [-0.15, -0.1) is 0 Å². The smallest absolute Gasteiger partial charge is 0.260 e. The van der Waals surface area contributed by atoms with Crippen molar-refractivity contribution in [3.63, 3.8) is 0 Å². The van der Waals surface area contributed by atoms with E-state index in [1.165, 1.54) is 7.11 Å². The largest absolute Gasteiger partial charge is 0.504 e. The Morgan fingerprint density at radius 1 is 1.09 bits per heavy atom. The molecule has 4 rings (SSSR count). The van der Waals surface area contributed by atoms with Crippen LogP contribution in [-0.2, 0) is 4.43 Å². The zero-order valence-corrected chi connectivity index (χ0v) is 21.9. The highest BCUT2D eigenvalue weighted by Crippen LogP contribution is 2.43. The van der Waals surface area contributed by atoms with Gasteiger partial charge in [-0.25, -0.2) is 0 Å². The molecule has 2 atom stereocenters. The lowest BCUT2D eigenvalue weighted by Crippen LogP contribution is -2.52. The van der Waals surface area contributed by atoms with E-state index in [0.717, 1.165) is 16.9 Å². The van der Waals surface area contributed by atoms with Gasteiger partial charge < -0.3 is 29.2 Å². The second-order valence-corrected chi connectivity index (χ2v) is 15.1. The molecule has 2 aliphatic rings. The molecule has 0 bridgehead atoms. The SMILES string of the molecule is COc1ccc(C2=CN3C(=O)c4cc(OC)c(O)cc4NC(O[Si](C)(C)C(C)(C)C)[C@@H]3C2)cc1. The molecule has 2 aliphatic heterocycles. The first-order chi connectivity index (χ1) is 15.9. The Hall–Kier alpha value is -2.97. The fourth-order valence-corrected chi connectivity index (χ4v) is 5.32. The number of rotatable bonds is 5.